The van der Waals surface area contributed by atoms with Gasteiger partial charge in [-0.2, -0.15) is 0 Å². The number of piperazine rings is 1. The molecule has 2 aromatic rings. The Kier molecular flexibility index (Phi) is 6.65. The second kappa shape index (κ2) is 9.37. The predicted octanol–water partition coefficient (Wildman–Crippen LogP) is 2.95. The third-order valence-corrected chi connectivity index (χ3v) is 4.87. The summed E-state index contributed by atoms with van der Waals surface area (Å²) in [5, 5.41) is 0. The summed E-state index contributed by atoms with van der Waals surface area (Å²) in [7, 11) is 0. The maximum atomic E-state index is 13.1. The molecule has 1 aromatic carbocycles. The highest BCUT2D eigenvalue weighted by Gasteiger charge is 2.32. The Balaban J connectivity index is 1.77. The Bertz CT molecular complexity index is 867. The van der Waals surface area contributed by atoms with E-state index in [1.165, 1.54) is 6.08 Å². The summed E-state index contributed by atoms with van der Waals surface area (Å²) in [5.74, 6) is 0.370. The Morgan fingerprint density at radius 2 is 2.00 bits per heavy atom. The third kappa shape index (κ3) is 5.22. The maximum Gasteiger partial charge on any atom is 0.255 e. The van der Waals surface area contributed by atoms with Crippen molar-refractivity contribution in [1.82, 2.24) is 14.8 Å². The average Bonchev–Trinajstić information content (AvgIpc) is 2.73. The van der Waals surface area contributed by atoms with Gasteiger partial charge in [-0.1, -0.05) is 36.9 Å². The Hall–Kier alpha value is -3.15. The van der Waals surface area contributed by atoms with Crippen molar-refractivity contribution in [2.24, 2.45) is 0 Å². The van der Waals surface area contributed by atoms with Gasteiger partial charge in [-0.05, 0) is 38.0 Å². The lowest BCUT2D eigenvalue weighted by Gasteiger charge is -2.41. The van der Waals surface area contributed by atoms with Crippen molar-refractivity contribution < 1.29 is 14.3 Å². The predicted molar refractivity (Wildman–Crippen MR) is 112 cm³/mol. The number of carbonyl (C=O) groups is 2. The number of aromatic nitrogens is 1. The van der Waals surface area contributed by atoms with Gasteiger partial charge in [-0.15, -0.1) is 0 Å². The topological polar surface area (TPSA) is 62.7 Å². The van der Waals surface area contributed by atoms with Gasteiger partial charge < -0.3 is 14.5 Å². The lowest BCUT2D eigenvalue weighted by atomic mass is 10.0. The molecule has 0 spiro atoms. The zero-order chi connectivity index (χ0) is 20.8. The highest BCUT2D eigenvalue weighted by molar-refractivity contribution is 5.94. The van der Waals surface area contributed by atoms with Crippen LogP contribution in [0.4, 0.5) is 0 Å². The number of benzene rings is 1. The number of hydrogen-bond donors (Lipinski definition) is 0. The van der Waals surface area contributed by atoms with Crippen molar-refractivity contribution in [3.05, 3.63) is 72.6 Å². The van der Waals surface area contributed by atoms with Gasteiger partial charge >= 0.3 is 0 Å². The van der Waals surface area contributed by atoms with E-state index in [1.807, 2.05) is 44.2 Å². The van der Waals surface area contributed by atoms with Gasteiger partial charge in [0.05, 0.1) is 23.9 Å². The lowest BCUT2D eigenvalue weighted by Crippen LogP contribution is -2.57. The molecule has 0 bridgehead atoms. The van der Waals surface area contributed by atoms with E-state index in [-0.39, 0.29) is 24.0 Å². The minimum atomic E-state index is -0.108. The standard InChI is InChI=1S/C23H27N3O3/c1-4-22(27)26-11-10-25(16-20(26)12-18-8-6-5-7-9-18)23(28)19-13-21(15-24-14-19)29-17(2)3/h4-9,13-15,17,20H,1,10-12,16H2,2-3H3/t20-/m0/s1. The van der Waals surface area contributed by atoms with E-state index in [4.69, 9.17) is 4.74 Å². The molecule has 0 N–H and O–H groups in total. The molecule has 1 aromatic heterocycles. The Labute approximate surface area is 171 Å². The fourth-order valence-electron chi connectivity index (χ4n) is 3.56. The highest BCUT2D eigenvalue weighted by atomic mass is 16.5. The van der Waals surface area contributed by atoms with Crippen molar-refractivity contribution in [1.29, 1.82) is 0 Å². The molecule has 1 aliphatic heterocycles. The molecule has 1 saturated heterocycles. The summed E-state index contributed by atoms with van der Waals surface area (Å²) >= 11 is 0. The minimum Gasteiger partial charge on any atom is -0.489 e. The highest BCUT2D eigenvalue weighted by Crippen LogP contribution is 2.20. The molecule has 0 radical (unpaired) electrons. The van der Waals surface area contributed by atoms with Gasteiger partial charge in [-0.3, -0.25) is 14.6 Å². The smallest absolute Gasteiger partial charge is 0.255 e. The van der Waals surface area contributed by atoms with Crippen LogP contribution in [0.2, 0.25) is 0 Å². The number of carbonyl (C=O) groups excluding carboxylic acids is 2. The van der Waals surface area contributed by atoms with E-state index in [0.29, 0.717) is 37.4 Å². The number of hydrogen-bond acceptors (Lipinski definition) is 4. The molecule has 152 valence electrons. The van der Waals surface area contributed by atoms with Crippen molar-refractivity contribution in [3.8, 4) is 5.75 Å². The first kappa shape index (κ1) is 20.6. The first-order valence-corrected chi connectivity index (χ1v) is 9.86. The van der Waals surface area contributed by atoms with Crippen LogP contribution in [-0.4, -0.2) is 58.4 Å². The van der Waals surface area contributed by atoms with Crippen LogP contribution < -0.4 is 4.74 Å². The monoisotopic (exact) mass is 393 g/mol. The van der Waals surface area contributed by atoms with E-state index >= 15 is 0 Å². The van der Waals surface area contributed by atoms with E-state index < -0.39 is 0 Å². The summed E-state index contributed by atoms with van der Waals surface area (Å²) in [6.45, 7) is 8.88. The zero-order valence-corrected chi connectivity index (χ0v) is 17.0. The van der Waals surface area contributed by atoms with E-state index in [2.05, 4.69) is 11.6 Å². The van der Waals surface area contributed by atoms with Gasteiger partial charge in [0, 0.05) is 25.8 Å². The number of nitrogens with zero attached hydrogens (tertiary/aromatic N) is 3. The molecule has 1 atom stereocenters. The second-order valence-corrected chi connectivity index (χ2v) is 7.41. The number of amides is 2. The van der Waals surface area contributed by atoms with E-state index in [0.717, 1.165) is 5.56 Å². The quantitative estimate of drug-likeness (QED) is 0.708. The molecule has 6 heteroatoms. The fourth-order valence-corrected chi connectivity index (χ4v) is 3.56. The van der Waals surface area contributed by atoms with Gasteiger partial charge in [0.25, 0.3) is 5.91 Å². The molecule has 6 nitrogen and oxygen atoms in total. The van der Waals surface area contributed by atoms with Crippen molar-refractivity contribution in [2.45, 2.75) is 32.4 Å². The fraction of sp³-hybridized carbons (Fsp3) is 0.348. The van der Waals surface area contributed by atoms with Gasteiger partial charge in [0.2, 0.25) is 5.91 Å². The molecule has 1 aliphatic rings. The van der Waals surface area contributed by atoms with Gasteiger partial charge in [0.15, 0.2) is 0 Å². The lowest BCUT2D eigenvalue weighted by molar-refractivity contribution is -0.130. The second-order valence-electron chi connectivity index (χ2n) is 7.41. The van der Waals surface area contributed by atoms with Crippen LogP contribution in [0.5, 0.6) is 5.75 Å². The van der Waals surface area contributed by atoms with Crippen LogP contribution in [0.1, 0.15) is 29.8 Å². The molecule has 29 heavy (non-hydrogen) atoms. The molecule has 2 heterocycles. The third-order valence-electron chi connectivity index (χ3n) is 4.87. The van der Waals surface area contributed by atoms with Crippen LogP contribution in [0.15, 0.2) is 61.4 Å². The van der Waals surface area contributed by atoms with Crippen LogP contribution in [0.3, 0.4) is 0 Å². The normalized spacial score (nSPS) is 16.6. The molecule has 0 saturated carbocycles. The maximum absolute atomic E-state index is 13.1. The van der Waals surface area contributed by atoms with Crippen molar-refractivity contribution in [2.75, 3.05) is 19.6 Å². The Morgan fingerprint density at radius 3 is 2.69 bits per heavy atom. The van der Waals surface area contributed by atoms with E-state index in [1.54, 1.807) is 28.3 Å². The van der Waals surface area contributed by atoms with Crippen molar-refractivity contribution in [3.63, 3.8) is 0 Å². The minimum absolute atomic E-state index is 0.00543. The van der Waals surface area contributed by atoms with Crippen LogP contribution in [-0.2, 0) is 11.2 Å². The SMILES string of the molecule is C=CC(=O)N1CCN(C(=O)c2cncc(OC(C)C)c2)C[C@@H]1Cc1ccccc1. The summed E-state index contributed by atoms with van der Waals surface area (Å²) in [6.07, 6.45) is 5.19. The van der Waals surface area contributed by atoms with Gasteiger partial charge in [0.1, 0.15) is 5.75 Å². The molecule has 1 fully saturated rings. The van der Waals surface area contributed by atoms with E-state index in [9.17, 15) is 9.59 Å². The summed E-state index contributed by atoms with van der Waals surface area (Å²) in [4.78, 5) is 33.2. The average molecular weight is 393 g/mol. The van der Waals surface area contributed by atoms with Crippen molar-refractivity contribution >= 4 is 11.8 Å². The molecular formula is C23H27N3O3. The molecule has 0 aliphatic carbocycles. The summed E-state index contributed by atoms with van der Waals surface area (Å²) in [5.41, 5.74) is 1.62. The first-order valence-electron chi connectivity index (χ1n) is 9.86. The molecule has 0 unspecified atom stereocenters. The van der Waals surface area contributed by atoms with Crippen LogP contribution in [0, 0.1) is 0 Å². The first-order chi connectivity index (χ1) is 14.0. The summed E-state index contributed by atoms with van der Waals surface area (Å²) < 4.78 is 5.66. The van der Waals surface area contributed by atoms with Crippen LogP contribution in [0.25, 0.3) is 0 Å². The molecule has 3 rings (SSSR count). The molecular weight excluding hydrogens is 366 g/mol. The zero-order valence-electron chi connectivity index (χ0n) is 17.0. The van der Waals surface area contributed by atoms with Gasteiger partial charge in [-0.25, -0.2) is 0 Å². The van der Waals surface area contributed by atoms with Crippen LogP contribution >= 0.6 is 0 Å². The Morgan fingerprint density at radius 1 is 1.24 bits per heavy atom. The number of rotatable bonds is 6. The summed E-state index contributed by atoms with van der Waals surface area (Å²) in [6, 6.07) is 11.6. The molecule has 2 amide bonds. The number of pyridine rings is 1. The largest absolute Gasteiger partial charge is 0.489 e. The number of ether oxygens (including phenoxy) is 1.